The Bertz CT molecular complexity index is 438. The van der Waals surface area contributed by atoms with Crippen molar-refractivity contribution in [2.24, 2.45) is 0 Å². The molecule has 2 fully saturated rings. The van der Waals surface area contributed by atoms with Gasteiger partial charge in [-0.25, -0.2) is 0 Å². The molecule has 0 aliphatic carbocycles. The van der Waals surface area contributed by atoms with Gasteiger partial charge in [-0.05, 0) is 37.5 Å². The van der Waals surface area contributed by atoms with Crippen LogP contribution in [0.1, 0.15) is 38.2 Å². The van der Waals surface area contributed by atoms with Gasteiger partial charge in [0.05, 0.1) is 6.61 Å². The van der Waals surface area contributed by atoms with Crippen LogP contribution in [0, 0.1) is 0 Å². The molecule has 0 saturated carbocycles. The van der Waals surface area contributed by atoms with E-state index in [1.54, 1.807) is 0 Å². The van der Waals surface area contributed by atoms with Crippen molar-refractivity contribution in [1.82, 2.24) is 4.90 Å². The molecule has 3 nitrogen and oxygen atoms in total. The van der Waals surface area contributed by atoms with Gasteiger partial charge in [0, 0.05) is 31.5 Å². The van der Waals surface area contributed by atoms with Gasteiger partial charge in [-0.3, -0.25) is 9.69 Å². The molecule has 0 aromatic heterocycles. The fraction of sp³-hybridized carbons (Fsp3) is 0.562. The normalized spacial score (nSPS) is 26.7. The first-order chi connectivity index (χ1) is 9.26. The highest BCUT2D eigenvalue weighted by Gasteiger charge is 2.39. The Kier molecular flexibility index (Phi) is 3.56. The first-order valence-electron chi connectivity index (χ1n) is 7.25. The van der Waals surface area contributed by atoms with Crippen LogP contribution in [0.15, 0.2) is 24.3 Å². The summed E-state index contributed by atoms with van der Waals surface area (Å²) < 4.78 is 5.46. The lowest BCUT2D eigenvalue weighted by Gasteiger charge is -2.33. The van der Waals surface area contributed by atoms with E-state index in [1.165, 1.54) is 18.4 Å². The molecular formula is C16H21NO2. The third-order valence-corrected chi connectivity index (χ3v) is 4.30. The molecule has 2 saturated heterocycles. The first kappa shape index (κ1) is 12.7. The molecule has 0 radical (unpaired) electrons. The van der Waals surface area contributed by atoms with Gasteiger partial charge in [-0.1, -0.05) is 12.1 Å². The molecule has 0 spiro atoms. The number of benzene rings is 1. The van der Waals surface area contributed by atoms with E-state index >= 15 is 0 Å². The van der Waals surface area contributed by atoms with E-state index in [9.17, 15) is 4.79 Å². The van der Waals surface area contributed by atoms with Crippen molar-refractivity contribution in [3.8, 4) is 5.75 Å². The fourth-order valence-corrected chi connectivity index (χ4v) is 3.39. The number of carbonyl (C=O) groups excluding carboxylic acids is 1. The van der Waals surface area contributed by atoms with E-state index in [4.69, 9.17) is 4.74 Å². The Labute approximate surface area is 114 Å². The first-order valence-corrected chi connectivity index (χ1v) is 7.25. The Morgan fingerprint density at radius 3 is 2.37 bits per heavy atom. The third-order valence-electron chi connectivity index (χ3n) is 4.30. The minimum Gasteiger partial charge on any atom is -0.494 e. The number of ether oxygens (including phenoxy) is 1. The van der Waals surface area contributed by atoms with Gasteiger partial charge in [0.15, 0.2) is 0 Å². The Morgan fingerprint density at radius 2 is 1.79 bits per heavy atom. The second kappa shape index (κ2) is 5.33. The molecule has 1 aromatic carbocycles. The summed E-state index contributed by atoms with van der Waals surface area (Å²) in [6.07, 6.45) is 3.89. The SMILES string of the molecule is CCOc1ccc(CN2C3CCC2CC(=O)C3)cc1. The summed E-state index contributed by atoms with van der Waals surface area (Å²) in [5.41, 5.74) is 1.31. The summed E-state index contributed by atoms with van der Waals surface area (Å²) in [6.45, 7) is 3.67. The molecule has 102 valence electrons. The smallest absolute Gasteiger partial charge is 0.136 e. The quantitative estimate of drug-likeness (QED) is 0.832. The van der Waals surface area contributed by atoms with Crippen LogP contribution in [-0.4, -0.2) is 29.4 Å². The zero-order valence-electron chi connectivity index (χ0n) is 11.5. The lowest BCUT2D eigenvalue weighted by molar-refractivity contribution is -0.123. The highest BCUT2D eigenvalue weighted by Crippen LogP contribution is 2.35. The number of piperidine rings is 1. The number of Topliss-reactive ketones (excluding diaryl/α,β-unsaturated/α-hetero) is 1. The number of nitrogens with zero attached hydrogens (tertiary/aromatic N) is 1. The van der Waals surface area contributed by atoms with Crippen LogP contribution in [0.25, 0.3) is 0 Å². The van der Waals surface area contributed by atoms with Crippen LogP contribution in [0.2, 0.25) is 0 Å². The van der Waals surface area contributed by atoms with Crippen LogP contribution in [0.4, 0.5) is 0 Å². The van der Waals surface area contributed by atoms with Crippen LogP contribution < -0.4 is 4.74 Å². The van der Waals surface area contributed by atoms with Crippen LogP contribution in [0.3, 0.4) is 0 Å². The van der Waals surface area contributed by atoms with Gasteiger partial charge in [-0.2, -0.15) is 0 Å². The number of fused-ring (bicyclic) bond motifs is 2. The van der Waals surface area contributed by atoms with E-state index in [-0.39, 0.29) is 0 Å². The molecule has 19 heavy (non-hydrogen) atoms. The fourth-order valence-electron chi connectivity index (χ4n) is 3.39. The Hall–Kier alpha value is -1.35. The molecule has 2 aliphatic heterocycles. The Balaban J connectivity index is 1.67. The lowest BCUT2D eigenvalue weighted by Crippen LogP contribution is -2.42. The van der Waals surface area contributed by atoms with Crippen molar-refractivity contribution in [3.63, 3.8) is 0 Å². The molecule has 3 rings (SSSR count). The highest BCUT2D eigenvalue weighted by atomic mass is 16.5. The van der Waals surface area contributed by atoms with E-state index < -0.39 is 0 Å². The van der Waals surface area contributed by atoms with Crippen molar-refractivity contribution in [2.45, 2.75) is 51.2 Å². The largest absolute Gasteiger partial charge is 0.494 e. The van der Waals surface area contributed by atoms with Crippen molar-refractivity contribution < 1.29 is 9.53 Å². The number of rotatable bonds is 4. The van der Waals surface area contributed by atoms with Crippen molar-refractivity contribution in [3.05, 3.63) is 29.8 Å². The molecular weight excluding hydrogens is 238 g/mol. The van der Waals surface area contributed by atoms with Crippen molar-refractivity contribution >= 4 is 5.78 Å². The summed E-state index contributed by atoms with van der Waals surface area (Å²) in [5.74, 6) is 1.39. The predicted molar refractivity (Wildman–Crippen MR) is 74.2 cm³/mol. The number of hydrogen-bond donors (Lipinski definition) is 0. The standard InChI is InChI=1S/C16H21NO2/c1-2-19-16-7-3-12(4-8-16)11-17-13-5-6-14(17)10-15(18)9-13/h3-4,7-8,13-14H,2,5-6,9-11H2,1H3. The maximum absolute atomic E-state index is 11.6. The summed E-state index contributed by atoms with van der Waals surface area (Å²) in [6, 6.07) is 9.32. The van der Waals surface area contributed by atoms with Crippen LogP contribution in [-0.2, 0) is 11.3 Å². The van der Waals surface area contributed by atoms with Gasteiger partial charge >= 0.3 is 0 Å². The predicted octanol–water partition coefficient (Wildman–Crippen LogP) is 2.78. The van der Waals surface area contributed by atoms with Gasteiger partial charge in [-0.15, -0.1) is 0 Å². The van der Waals surface area contributed by atoms with E-state index in [0.717, 1.165) is 25.1 Å². The van der Waals surface area contributed by atoms with Crippen molar-refractivity contribution in [2.75, 3.05) is 6.61 Å². The molecule has 2 unspecified atom stereocenters. The average molecular weight is 259 g/mol. The summed E-state index contributed by atoms with van der Waals surface area (Å²) >= 11 is 0. The summed E-state index contributed by atoms with van der Waals surface area (Å²) in [5, 5.41) is 0. The zero-order chi connectivity index (χ0) is 13.2. The van der Waals surface area contributed by atoms with Gasteiger partial charge < -0.3 is 4.74 Å². The molecule has 0 amide bonds. The second-order valence-corrected chi connectivity index (χ2v) is 5.58. The molecule has 2 aliphatic rings. The topological polar surface area (TPSA) is 29.5 Å². The monoisotopic (exact) mass is 259 g/mol. The maximum Gasteiger partial charge on any atom is 0.136 e. The van der Waals surface area contributed by atoms with E-state index in [2.05, 4.69) is 17.0 Å². The molecule has 2 heterocycles. The minimum absolute atomic E-state index is 0.454. The summed E-state index contributed by atoms with van der Waals surface area (Å²) in [4.78, 5) is 14.1. The number of ketones is 1. The van der Waals surface area contributed by atoms with Crippen molar-refractivity contribution in [1.29, 1.82) is 0 Å². The molecule has 1 aromatic rings. The van der Waals surface area contributed by atoms with E-state index in [0.29, 0.717) is 24.5 Å². The Morgan fingerprint density at radius 1 is 1.16 bits per heavy atom. The van der Waals surface area contributed by atoms with Crippen LogP contribution in [0.5, 0.6) is 5.75 Å². The molecule has 0 N–H and O–H groups in total. The zero-order valence-corrected chi connectivity index (χ0v) is 11.5. The highest BCUT2D eigenvalue weighted by molar-refractivity contribution is 5.80. The summed E-state index contributed by atoms with van der Waals surface area (Å²) in [7, 11) is 0. The number of hydrogen-bond acceptors (Lipinski definition) is 3. The maximum atomic E-state index is 11.6. The van der Waals surface area contributed by atoms with Gasteiger partial charge in [0.2, 0.25) is 0 Å². The van der Waals surface area contributed by atoms with Gasteiger partial charge in [0.1, 0.15) is 11.5 Å². The minimum atomic E-state index is 0.454. The van der Waals surface area contributed by atoms with Crippen LogP contribution >= 0.6 is 0 Å². The third kappa shape index (κ3) is 2.66. The molecule has 2 bridgehead atoms. The number of carbonyl (C=O) groups is 1. The average Bonchev–Trinajstić information content (AvgIpc) is 2.64. The molecule has 2 atom stereocenters. The van der Waals surface area contributed by atoms with Gasteiger partial charge in [0.25, 0.3) is 0 Å². The molecule has 3 heteroatoms. The second-order valence-electron chi connectivity index (χ2n) is 5.58. The lowest BCUT2D eigenvalue weighted by atomic mass is 10.0. The van der Waals surface area contributed by atoms with E-state index in [1.807, 2.05) is 19.1 Å².